The third-order valence-corrected chi connectivity index (χ3v) is 6.66. The molecule has 1 heterocycles. The number of aryl methyl sites for hydroxylation is 1. The van der Waals surface area contributed by atoms with E-state index in [2.05, 4.69) is 5.32 Å². The molecule has 29 heavy (non-hydrogen) atoms. The Balaban J connectivity index is 1.54. The molecular formula is C20H22FN3O4S. The molecule has 0 unspecified atom stereocenters. The van der Waals surface area contributed by atoms with Gasteiger partial charge in [0.15, 0.2) is 0 Å². The van der Waals surface area contributed by atoms with Crippen LogP contribution in [0.5, 0.6) is 0 Å². The number of hydrogen-bond acceptors (Lipinski definition) is 4. The van der Waals surface area contributed by atoms with E-state index in [0.717, 1.165) is 11.6 Å². The SMILES string of the molecule is Cc1cccc(C(=O)NCC(=O)N2CCN(S(=O)(=O)c3ccccc3F)CC2)c1. The number of sulfonamides is 1. The zero-order valence-corrected chi connectivity index (χ0v) is 16.8. The van der Waals surface area contributed by atoms with Gasteiger partial charge in [-0.15, -0.1) is 0 Å². The van der Waals surface area contributed by atoms with Gasteiger partial charge in [0.1, 0.15) is 10.7 Å². The molecule has 154 valence electrons. The number of carbonyl (C=O) groups is 2. The van der Waals surface area contributed by atoms with E-state index in [9.17, 15) is 22.4 Å². The summed E-state index contributed by atoms with van der Waals surface area (Å²) in [6, 6.07) is 12.2. The Bertz CT molecular complexity index is 1020. The number of carbonyl (C=O) groups excluding carboxylic acids is 2. The van der Waals surface area contributed by atoms with Gasteiger partial charge in [-0.3, -0.25) is 9.59 Å². The van der Waals surface area contributed by atoms with E-state index in [4.69, 9.17) is 0 Å². The minimum absolute atomic E-state index is 0.0637. The predicted octanol–water partition coefficient (Wildman–Crippen LogP) is 1.40. The van der Waals surface area contributed by atoms with Crippen molar-refractivity contribution in [3.63, 3.8) is 0 Å². The van der Waals surface area contributed by atoms with E-state index in [1.165, 1.54) is 27.4 Å². The first-order valence-electron chi connectivity index (χ1n) is 9.16. The highest BCUT2D eigenvalue weighted by Crippen LogP contribution is 2.20. The number of halogens is 1. The molecule has 0 saturated carbocycles. The second kappa shape index (κ2) is 8.71. The van der Waals surface area contributed by atoms with Crippen molar-refractivity contribution in [3.8, 4) is 0 Å². The highest BCUT2D eigenvalue weighted by molar-refractivity contribution is 7.89. The minimum atomic E-state index is -3.96. The van der Waals surface area contributed by atoms with Crippen molar-refractivity contribution in [3.05, 3.63) is 65.5 Å². The van der Waals surface area contributed by atoms with Gasteiger partial charge in [-0.25, -0.2) is 12.8 Å². The molecule has 0 bridgehead atoms. The van der Waals surface area contributed by atoms with Crippen molar-refractivity contribution in [2.45, 2.75) is 11.8 Å². The summed E-state index contributed by atoms with van der Waals surface area (Å²) in [7, 11) is -3.96. The maximum atomic E-state index is 13.9. The van der Waals surface area contributed by atoms with E-state index in [0.29, 0.717) is 5.56 Å². The van der Waals surface area contributed by atoms with Crippen molar-refractivity contribution >= 4 is 21.8 Å². The summed E-state index contributed by atoms with van der Waals surface area (Å²) in [6.07, 6.45) is 0. The fourth-order valence-electron chi connectivity index (χ4n) is 3.13. The van der Waals surface area contributed by atoms with Crippen LogP contribution in [0, 0.1) is 12.7 Å². The van der Waals surface area contributed by atoms with Gasteiger partial charge in [-0.2, -0.15) is 4.31 Å². The molecule has 2 amide bonds. The molecule has 7 nitrogen and oxygen atoms in total. The maximum absolute atomic E-state index is 13.9. The maximum Gasteiger partial charge on any atom is 0.251 e. The normalized spacial score (nSPS) is 15.2. The molecule has 3 rings (SSSR count). The number of amides is 2. The molecule has 1 aliphatic heterocycles. The number of benzene rings is 2. The largest absolute Gasteiger partial charge is 0.343 e. The standard InChI is InChI=1S/C20H22FN3O4S/c1-15-5-4-6-16(13-15)20(26)22-14-19(25)23-9-11-24(12-10-23)29(27,28)18-8-3-2-7-17(18)21/h2-8,13H,9-12,14H2,1H3,(H,22,26). The molecule has 0 aromatic heterocycles. The molecule has 9 heteroatoms. The van der Waals surface area contributed by atoms with Crippen LogP contribution in [0.15, 0.2) is 53.4 Å². The summed E-state index contributed by atoms with van der Waals surface area (Å²) in [4.78, 5) is 25.6. The molecule has 0 atom stereocenters. The topological polar surface area (TPSA) is 86.8 Å². The number of piperazine rings is 1. The lowest BCUT2D eigenvalue weighted by atomic mass is 10.1. The molecule has 0 aliphatic carbocycles. The Morgan fingerprint density at radius 2 is 1.72 bits per heavy atom. The zero-order valence-electron chi connectivity index (χ0n) is 16.0. The summed E-state index contributed by atoms with van der Waals surface area (Å²) in [6.45, 7) is 2.17. The predicted molar refractivity (Wildman–Crippen MR) is 105 cm³/mol. The van der Waals surface area contributed by atoms with Gasteiger partial charge in [-0.1, -0.05) is 29.8 Å². The van der Waals surface area contributed by atoms with Gasteiger partial charge < -0.3 is 10.2 Å². The monoisotopic (exact) mass is 419 g/mol. The zero-order chi connectivity index (χ0) is 21.0. The van der Waals surface area contributed by atoms with Crippen LogP contribution in [0.4, 0.5) is 4.39 Å². The average molecular weight is 419 g/mol. The third-order valence-electron chi connectivity index (χ3n) is 4.73. The van der Waals surface area contributed by atoms with Crippen LogP contribution in [-0.2, 0) is 14.8 Å². The lowest BCUT2D eigenvalue weighted by Crippen LogP contribution is -2.52. The Hall–Kier alpha value is -2.78. The van der Waals surface area contributed by atoms with E-state index >= 15 is 0 Å². The fraction of sp³-hybridized carbons (Fsp3) is 0.300. The van der Waals surface area contributed by atoms with Gasteiger partial charge in [0.05, 0.1) is 6.54 Å². The summed E-state index contributed by atoms with van der Waals surface area (Å²) >= 11 is 0. The van der Waals surface area contributed by atoms with Gasteiger partial charge in [0.2, 0.25) is 15.9 Å². The molecule has 2 aromatic rings. The molecule has 2 aromatic carbocycles. The molecule has 1 aliphatic rings. The van der Waals surface area contributed by atoms with Crippen LogP contribution in [0.25, 0.3) is 0 Å². The summed E-state index contributed by atoms with van der Waals surface area (Å²) in [5.74, 6) is -1.44. The minimum Gasteiger partial charge on any atom is -0.343 e. The quantitative estimate of drug-likeness (QED) is 0.794. The van der Waals surface area contributed by atoms with Crippen LogP contribution in [-0.4, -0.2) is 62.2 Å². The highest BCUT2D eigenvalue weighted by Gasteiger charge is 2.31. The first-order chi connectivity index (χ1) is 13.8. The van der Waals surface area contributed by atoms with Crippen LogP contribution in [0.3, 0.4) is 0 Å². The Morgan fingerprint density at radius 1 is 1.03 bits per heavy atom. The van der Waals surface area contributed by atoms with Crippen molar-refractivity contribution < 1.29 is 22.4 Å². The van der Waals surface area contributed by atoms with Gasteiger partial charge in [0, 0.05) is 31.7 Å². The smallest absolute Gasteiger partial charge is 0.251 e. The van der Waals surface area contributed by atoms with Crippen LogP contribution in [0.1, 0.15) is 15.9 Å². The van der Waals surface area contributed by atoms with E-state index in [1.807, 2.05) is 13.0 Å². The van der Waals surface area contributed by atoms with E-state index < -0.39 is 15.8 Å². The second-order valence-corrected chi connectivity index (χ2v) is 8.67. The number of nitrogens with one attached hydrogen (secondary N) is 1. The van der Waals surface area contributed by atoms with Gasteiger partial charge >= 0.3 is 0 Å². The van der Waals surface area contributed by atoms with Crippen molar-refractivity contribution in [2.75, 3.05) is 32.7 Å². The molecule has 0 spiro atoms. The Morgan fingerprint density at radius 3 is 2.38 bits per heavy atom. The van der Waals surface area contributed by atoms with Crippen molar-refractivity contribution in [1.82, 2.24) is 14.5 Å². The summed E-state index contributed by atoms with van der Waals surface area (Å²) in [5, 5.41) is 2.59. The number of nitrogens with zero attached hydrogens (tertiary/aromatic N) is 2. The molecular weight excluding hydrogens is 397 g/mol. The van der Waals surface area contributed by atoms with Crippen LogP contribution >= 0.6 is 0 Å². The van der Waals surface area contributed by atoms with Crippen LogP contribution < -0.4 is 5.32 Å². The summed E-state index contributed by atoms with van der Waals surface area (Å²) < 4.78 is 40.3. The fourth-order valence-corrected chi connectivity index (χ4v) is 4.61. The van der Waals surface area contributed by atoms with Crippen molar-refractivity contribution in [1.29, 1.82) is 0 Å². The molecule has 1 fully saturated rings. The van der Waals surface area contributed by atoms with Crippen LogP contribution in [0.2, 0.25) is 0 Å². The first kappa shape index (κ1) is 20.9. The first-order valence-corrected chi connectivity index (χ1v) is 10.6. The lowest BCUT2D eigenvalue weighted by Gasteiger charge is -2.34. The molecule has 1 N–H and O–H groups in total. The van der Waals surface area contributed by atoms with Crippen molar-refractivity contribution in [2.24, 2.45) is 0 Å². The van der Waals surface area contributed by atoms with Gasteiger partial charge in [-0.05, 0) is 31.2 Å². The lowest BCUT2D eigenvalue weighted by molar-refractivity contribution is -0.131. The number of hydrogen-bond donors (Lipinski definition) is 1. The summed E-state index contributed by atoms with van der Waals surface area (Å²) in [5.41, 5.74) is 1.41. The van der Waals surface area contributed by atoms with E-state index in [-0.39, 0.29) is 49.4 Å². The Labute approximate surface area is 169 Å². The highest BCUT2D eigenvalue weighted by atomic mass is 32.2. The average Bonchev–Trinajstić information content (AvgIpc) is 2.72. The van der Waals surface area contributed by atoms with E-state index in [1.54, 1.807) is 18.2 Å². The molecule has 0 radical (unpaired) electrons. The molecule has 1 saturated heterocycles. The third kappa shape index (κ3) is 4.80. The van der Waals surface area contributed by atoms with Gasteiger partial charge in [0.25, 0.3) is 5.91 Å². The second-order valence-electron chi connectivity index (χ2n) is 6.77. The number of rotatable bonds is 5. The Kier molecular flexibility index (Phi) is 6.29.